The number of benzene rings is 1. The van der Waals surface area contributed by atoms with Crippen LogP contribution in [0.15, 0.2) is 22.6 Å². The van der Waals surface area contributed by atoms with Crippen molar-refractivity contribution in [2.45, 2.75) is 13.8 Å². The Labute approximate surface area is 69.5 Å². The highest BCUT2D eigenvalue weighted by Gasteiger charge is 1.94. The van der Waals surface area contributed by atoms with Crippen molar-refractivity contribution in [3.63, 3.8) is 0 Å². The van der Waals surface area contributed by atoms with E-state index in [0.29, 0.717) is 0 Å². The highest BCUT2D eigenvalue weighted by atomic mass is 32.1. The van der Waals surface area contributed by atoms with Crippen molar-refractivity contribution in [2.24, 2.45) is 4.36 Å². The molecule has 0 unspecified atom stereocenters. The van der Waals surface area contributed by atoms with Gasteiger partial charge in [-0.15, -0.1) is 0 Å². The summed E-state index contributed by atoms with van der Waals surface area (Å²) in [6.45, 7) is 3.96. The Bertz CT molecular complexity index is 316. The molecule has 0 heterocycles. The van der Waals surface area contributed by atoms with Crippen LogP contribution in [0.3, 0.4) is 0 Å². The minimum absolute atomic E-state index is 0.250. The number of nitrogens with zero attached hydrogens (tertiary/aromatic N) is 1. The van der Waals surface area contributed by atoms with Crippen LogP contribution < -0.4 is 0 Å². The molecule has 3 heteroatoms. The Balaban J connectivity index is 3.19. The van der Waals surface area contributed by atoms with E-state index in [1.165, 1.54) is 5.56 Å². The maximum Gasteiger partial charge on any atom is 0.205 e. The van der Waals surface area contributed by atoms with E-state index in [0.717, 1.165) is 11.3 Å². The van der Waals surface area contributed by atoms with E-state index in [9.17, 15) is 4.21 Å². The number of hydrogen-bond donors (Lipinski definition) is 0. The molecule has 0 atom stereocenters. The van der Waals surface area contributed by atoms with E-state index in [4.69, 9.17) is 0 Å². The highest BCUT2D eigenvalue weighted by Crippen LogP contribution is 2.18. The van der Waals surface area contributed by atoms with E-state index in [-0.39, 0.29) is 11.5 Å². The Hall–Kier alpha value is -0.960. The fourth-order valence-corrected chi connectivity index (χ4v) is 1.23. The fraction of sp³-hybridized carbons (Fsp3) is 0.250. The zero-order chi connectivity index (χ0) is 8.27. The predicted molar refractivity (Wildman–Crippen MR) is 46.1 cm³/mol. The summed E-state index contributed by atoms with van der Waals surface area (Å²) in [5, 5.41) is 0. The average molecular weight is 167 g/mol. The molecule has 0 bridgehead atoms. The van der Waals surface area contributed by atoms with Crippen molar-refractivity contribution in [3.8, 4) is 0 Å². The van der Waals surface area contributed by atoms with Gasteiger partial charge in [0, 0.05) is 0 Å². The third kappa shape index (κ3) is 1.98. The van der Waals surface area contributed by atoms with Crippen molar-refractivity contribution in [3.05, 3.63) is 29.3 Å². The molecule has 0 aromatic heterocycles. The standard InChI is InChI=1S/C8H9NOS/c1-6-3-4-8(9-11-10)7(2)5-6/h3-5H,1-2H3. The van der Waals surface area contributed by atoms with Crippen LogP contribution in [-0.4, -0.2) is 4.21 Å². The number of rotatable bonds is 1. The van der Waals surface area contributed by atoms with E-state index >= 15 is 0 Å². The molecule has 0 saturated heterocycles. The second-order valence-electron chi connectivity index (χ2n) is 2.46. The highest BCUT2D eigenvalue weighted by molar-refractivity contribution is 7.54. The van der Waals surface area contributed by atoms with Gasteiger partial charge in [0.05, 0.1) is 5.69 Å². The normalized spacial score (nSPS) is 9.27. The van der Waals surface area contributed by atoms with Crippen LogP contribution in [0.1, 0.15) is 11.1 Å². The third-order valence-corrected chi connectivity index (χ3v) is 1.76. The molecule has 1 rings (SSSR count). The van der Waals surface area contributed by atoms with Gasteiger partial charge in [-0.2, -0.15) is 8.57 Å². The van der Waals surface area contributed by atoms with Gasteiger partial charge in [-0.05, 0) is 25.5 Å². The van der Waals surface area contributed by atoms with Crippen molar-refractivity contribution in [1.82, 2.24) is 0 Å². The first kappa shape index (κ1) is 8.14. The molecule has 0 radical (unpaired) electrons. The number of hydrogen-bond acceptors (Lipinski definition) is 2. The molecular formula is C8H9NOS. The lowest BCUT2D eigenvalue weighted by Crippen LogP contribution is -1.75. The molecule has 0 saturated carbocycles. The van der Waals surface area contributed by atoms with E-state index in [1.54, 1.807) is 0 Å². The molecule has 0 fully saturated rings. The zero-order valence-electron chi connectivity index (χ0n) is 6.50. The molecule has 1 aromatic carbocycles. The minimum atomic E-state index is 0.250. The molecule has 2 nitrogen and oxygen atoms in total. The van der Waals surface area contributed by atoms with Crippen LogP contribution in [0, 0.1) is 13.8 Å². The van der Waals surface area contributed by atoms with Gasteiger partial charge < -0.3 is 0 Å². The van der Waals surface area contributed by atoms with Gasteiger partial charge in [-0.3, -0.25) is 0 Å². The maximum absolute atomic E-state index is 10.1. The first-order valence-corrected chi connectivity index (χ1v) is 4.01. The van der Waals surface area contributed by atoms with Crippen LogP contribution >= 0.6 is 0 Å². The Morgan fingerprint density at radius 3 is 2.64 bits per heavy atom. The maximum atomic E-state index is 10.1. The SMILES string of the molecule is Cc1ccc(N=S=O)c(C)c1. The second kappa shape index (κ2) is 3.44. The number of aryl methyl sites for hydroxylation is 2. The predicted octanol–water partition coefficient (Wildman–Crippen LogP) is 2.33. The lowest BCUT2D eigenvalue weighted by atomic mass is 10.1. The van der Waals surface area contributed by atoms with Crippen LogP contribution in [0.4, 0.5) is 5.69 Å². The van der Waals surface area contributed by atoms with Crippen LogP contribution in [0.2, 0.25) is 0 Å². The molecule has 0 N–H and O–H groups in total. The summed E-state index contributed by atoms with van der Waals surface area (Å²) >= 11 is 0.250. The van der Waals surface area contributed by atoms with Crippen LogP contribution in [0.5, 0.6) is 0 Å². The van der Waals surface area contributed by atoms with Crippen molar-refractivity contribution < 1.29 is 4.21 Å². The molecule has 0 aliphatic heterocycles. The summed E-state index contributed by atoms with van der Waals surface area (Å²) in [4.78, 5) is 0. The summed E-state index contributed by atoms with van der Waals surface area (Å²) in [7, 11) is 0. The largest absolute Gasteiger partial charge is 0.205 e. The summed E-state index contributed by atoms with van der Waals surface area (Å²) in [5.74, 6) is 0. The molecule has 1 aromatic rings. The summed E-state index contributed by atoms with van der Waals surface area (Å²) in [6, 6.07) is 5.81. The van der Waals surface area contributed by atoms with Gasteiger partial charge in [-0.1, -0.05) is 17.7 Å². The average Bonchev–Trinajstić information content (AvgIpc) is 1.95. The molecular weight excluding hydrogens is 158 g/mol. The van der Waals surface area contributed by atoms with Gasteiger partial charge in [0.25, 0.3) is 0 Å². The van der Waals surface area contributed by atoms with Gasteiger partial charge in [0.1, 0.15) is 0 Å². The third-order valence-electron chi connectivity index (χ3n) is 1.49. The summed E-state index contributed by atoms with van der Waals surface area (Å²) in [5.41, 5.74) is 3.02. The lowest BCUT2D eigenvalue weighted by molar-refractivity contribution is 0.698. The Kier molecular flexibility index (Phi) is 2.54. The molecule has 0 aliphatic rings. The summed E-state index contributed by atoms with van der Waals surface area (Å²) < 4.78 is 13.8. The molecule has 11 heavy (non-hydrogen) atoms. The van der Waals surface area contributed by atoms with Crippen molar-refractivity contribution >= 4 is 17.2 Å². The lowest BCUT2D eigenvalue weighted by Gasteiger charge is -1.97. The monoisotopic (exact) mass is 167 g/mol. The van der Waals surface area contributed by atoms with E-state index in [1.807, 2.05) is 32.0 Å². The Morgan fingerprint density at radius 2 is 2.09 bits per heavy atom. The van der Waals surface area contributed by atoms with E-state index in [2.05, 4.69) is 4.36 Å². The quantitative estimate of drug-likeness (QED) is 0.631. The topological polar surface area (TPSA) is 29.4 Å². The second-order valence-corrected chi connectivity index (χ2v) is 2.79. The summed E-state index contributed by atoms with van der Waals surface area (Å²) in [6.07, 6.45) is 0. The van der Waals surface area contributed by atoms with Gasteiger partial charge >= 0.3 is 0 Å². The van der Waals surface area contributed by atoms with Crippen LogP contribution in [0.25, 0.3) is 0 Å². The zero-order valence-corrected chi connectivity index (χ0v) is 7.31. The smallest absolute Gasteiger partial charge is 0.191 e. The molecule has 0 spiro atoms. The van der Waals surface area contributed by atoms with Gasteiger partial charge in [0.15, 0.2) is 0 Å². The molecule has 0 aliphatic carbocycles. The van der Waals surface area contributed by atoms with Crippen molar-refractivity contribution in [2.75, 3.05) is 0 Å². The molecule has 58 valence electrons. The first-order chi connectivity index (χ1) is 5.24. The van der Waals surface area contributed by atoms with Crippen LogP contribution in [-0.2, 0) is 11.5 Å². The van der Waals surface area contributed by atoms with Gasteiger partial charge in [0.2, 0.25) is 11.5 Å². The van der Waals surface area contributed by atoms with Gasteiger partial charge in [-0.25, -0.2) is 0 Å². The van der Waals surface area contributed by atoms with Crippen molar-refractivity contribution in [1.29, 1.82) is 0 Å². The Morgan fingerprint density at radius 1 is 1.36 bits per heavy atom. The fourth-order valence-electron chi connectivity index (χ4n) is 0.948. The van der Waals surface area contributed by atoms with E-state index < -0.39 is 0 Å². The first-order valence-electron chi connectivity index (χ1n) is 3.31. The minimum Gasteiger partial charge on any atom is -0.191 e. The molecule has 0 amide bonds.